The zero-order valence-electron chi connectivity index (χ0n) is 36.9. The Morgan fingerprint density at radius 2 is 0.941 bits per heavy atom. The lowest BCUT2D eigenvalue weighted by Gasteiger charge is -2.26. The number of anilines is 3. The van der Waals surface area contributed by atoms with Crippen molar-refractivity contribution in [2.45, 2.75) is 0 Å². The van der Waals surface area contributed by atoms with Gasteiger partial charge in [-0.15, -0.1) is 0 Å². The molecule has 2 heterocycles. The fourth-order valence-electron chi connectivity index (χ4n) is 10.1. The van der Waals surface area contributed by atoms with Crippen LogP contribution in [0.15, 0.2) is 253 Å². The van der Waals surface area contributed by atoms with E-state index in [4.69, 9.17) is 4.42 Å². The van der Waals surface area contributed by atoms with Gasteiger partial charge in [-0.05, 0) is 158 Å². The van der Waals surface area contributed by atoms with E-state index in [2.05, 4.69) is 222 Å². The molecule has 0 aliphatic carbocycles. The summed E-state index contributed by atoms with van der Waals surface area (Å²) in [5.74, 6) is -0.236. The maximum atomic E-state index is 13.7. The van der Waals surface area contributed by atoms with Crippen LogP contribution >= 0.6 is 0 Å². The highest BCUT2D eigenvalue weighted by atomic mass is 19.1. The molecule has 0 amide bonds. The second-order valence-corrected chi connectivity index (χ2v) is 17.5. The van der Waals surface area contributed by atoms with E-state index < -0.39 is 0 Å². The van der Waals surface area contributed by atoms with Gasteiger partial charge in [-0.25, -0.2) is 4.39 Å². The summed E-state index contributed by atoms with van der Waals surface area (Å²) in [6, 6.07) is 87.2. The molecule has 13 rings (SSSR count). The summed E-state index contributed by atoms with van der Waals surface area (Å²) in [7, 11) is 0. The third-order valence-corrected chi connectivity index (χ3v) is 13.4. The first-order valence-electron chi connectivity index (χ1n) is 23.0. The lowest BCUT2D eigenvalue weighted by atomic mass is 9.90. The summed E-state index contributed by atoms with van der Waals surface area (Å²) in [6.45, 7) is 0. The number of para-hydroxylation sites is 3. The van der Waals surface area contributed by atoms with Crippen LogP contribution in [0.25, 0.3) is 105 Å². The van der Waals surface area contributed by atoms with Gasteiger partial charge >= 0.3 is 0 Å². The maximum Gasteiger partial charge on any atom is 0.136 e. The van der Waals surface area contributed by atoms with Gasteiger partial charge in [-0.2, -0.15) is 0 Å². The van der Waals surface area contributed by atoms with E-state index in [1.807, 2.05) is 24.3 Å². The Morgan fingerprint density at radius 3 is 1.79 bits per heavy atom. The summed E-state index contributed by atoms with van der Waals surface area (Å²) < 4.78 is 22.5. The molecule has 0 fully saturated rings. The Balaban J connectivity index is 0.953. The minimum absolute atomic E-state index is 0.236. The minimum atomic E-state index is -0.236. The summed E-state index contributed by atoms with van der Waals surface area (Å²) >= 11 is 0. The Morgan fingerprint density at radius 1 is 0.324 bits per heavy atom. The van der Waals surface area contributed by atoms with Crippen LogP contribution in [0.4, 0.5) is 21.5 Å². The number of furan rings is 1. The van der Waals surface area contributed by atoms with Crippen LogP contribution in [0.5, 0.6) is 0 Å². The molecule has 3 nitrogen and oxygen atoms in total. The van der Waals surface area contributed by atoms with E-state index in [0.29, 0.717) is 0 Å². The Labute approximate surface area is 392 Å². The van der Waals surface area contributed by atoms with Crippen LogP contribution in [0, 0.1) is 5.82 Å². The van der Waals surface area contributed by atoms with E-state index in [9.17, 15) is 4.39 Å². The van der Waals surface area contributed by atoms with Crippen molar-refractivity contribution in [2.75, 3.05) is 4.90 Å². The zero-order chi connectivity index (χ0) is 45.1. The van der Waals surface area contributed by atoms with Gasteiger partial charge in [0.15, 0.2) is 0 Å². The number of nitrogens with zero attached hydrogens (tertiary/aromatic N) is 2. The average molecular weight is 873 g/mol. The van der Waals surface area contributed by atoms with E-state index in [1.54, 1.807) is 0 Å². The highest BCUT2D eigenvalue weighted by Crippen LogP contribution is 2.43. The topological polar surface area (TPSA) is 21.3 Å². The number of fused-ring (bicyclic) bond motifs is 7. The van der Waals surface area contributed by atoms with E-state index in [1.165, 1.54) is 33.7 Å². The van der Waals surface area contributed by atoms with Gasteiger partial charge in [0, 0.05) is 44.3 Å². The molecule has 4 heteroatoms. The average Bonchev–Trinajstić information content (AvgIpc) is 3.94. The summed E-state index contributed by atoms with van der Waals surface area (Å²) in [5, 5.41) is 6.98. The SMILES string of the molecule is Fc1ccc(-c2ccc(-n3c4ccccc4c4cc(-c5ccc(-c6cccc(N(c7ccccc7)c7ccc8ccccc8c7)c6)c(-c6ccc7c(c6)oc6ccccc67)c5)ccc43)cc2)cc1. The van der Waals surface area contributed by atoms with Crippen molar-refractivity contribution >= 4 is 71.6 Å². The number of rotatable bonds is 8. The van der Waals surface area contributed by atoms with Crippen molar-refractivity contribution in [1.82, 2.24) is 4.57 Å². The molecule has 2 aromatic heterocycles. The molecule has 0 atom stereocenters. The van der Waals surface area contributed by atoms with Crippen molar-refractivity contribution in [3.63, 3.8) is 0 Å². The number of hydrogen-bond acceptors (Lipinski definition) is 2. The van der Waals surface area contributed by atoms with Crippen LogP contribution in [0.3, 0.4) is 0 Å². The smallest absolute Gasteiger partial charge is 0.136 e. The van der Waals surface area contributed by atoms with Gasteiger partial charge in [0.05, 0.1) is 11.0 Å². The Bertz CT molecular complexity index is 4030. The van der Waals surface area contributed by atoms with Gasteiger partial charge in [0.25, 0.3) is 0 Å². The van der Waals surface area contributed by atoms with Crippen LogP contribution in [0.1, 0.15) is 0 Å². The van der Waals surface area contributed by atoms with Crippen molar-refractivity contribution in [2.24, 2.45) is 0 Å². The maximum absolute atomic E-state index is 13.7. The summed E-state index contributed by atoms with van der Waals surface area (Å²) in [5.41, 5.74) is 17.0. The highest BCUT2D eigenvalue weighted by Gasteiger charge is 2.19. The lowest BCUT2D eigenvalue weighted by molar-refractivity contribution is 0.628. The number of hydrogen-bond donors (Lipinski definition) is 0. The predicted octanol–water partition coefficient (Wildman–Crippen LogP) is 18.1. The molecule has 0 saturated carbocycles. The van der Waals surface area contributed by atoms with Crippen LogP contribution in [-0.2, 0) is 0 Å². The molecule has 68 heavy (non-hydrogen) atoms. The fraction of sp³-hybridized carbons (Fsp3) is 0. The monoisotopic (exact) mass is 872 g/mol. The molecule has 0 spiro atoms. The summed E-state index contributed by atoms with van der Waals surface area (Å²) in [6.07, 6.45) is 0. The number of halogens is 1. The second kappa shape index (κ2) is 16.2. The molecular formula is C64H41FN2O. The Hall–Kier alpha value is -8.99. The van der Waals surface area contributed by atoms with Crippen molar-refractivity contribution < 1.29 is 8.81 Å². The standard InChI is InChI=1S/C64H41FN2O/c65-50-29-21-43(22-30-50)44-23-31-52(32-24-44)67-61-19-8-6-17-56(61)60-40-47(28-36-62(60)67)46-26-34-55(59(39-46)49-27-35-58-57-18-7-9-20-63(57)68-64(58)41-49)48-13-10-16-53(38-48)66(51-14-2-1-3-15-51)54-33-25-42-11-4-5-12-45(42)37-54/h1-41H. The molecular weight excluding hydrogens is 832 g/mol. The molecule has 0 N–H and O–H groups in total. The summed E-state index contributed by atoms with van der Waals surface area (Å²) in [4.78, 5) is 2.34. The van der Waals surface area contributed by atoms with E-state index >= 15 is 0 Å². The fourth-order valence-corrected chi connectivity index (χ4v) is 10.1. The molecule has 0 aliphatic heterocycles. The predicted molar refractivity (Wildman–Crippen MR) is 282 cm³/mol. The third-order valence-electron chi connectivity index (χ3n) is 13.4. The second-order valence-electron chi connectivity index (χ2n) is 17.5. The van der Waals surface area contributed by atoms with E-state index in [0.717, 1.165) is 100 Å². The zero-order valence-corrected chi connectivity index (χ0v) is 36.9. The van der Waals surface area contributed by atoms with Crippen molar-refractivity contribution in [3.8, 4) is 50.2 Å². The van der Waals surface area contributed by atoms with Gasteiger partial charge < -0.3 is 13.9 Å². The van der Waals surface area contributed by atoms with Gasteiger partial charge in [-0.3, -0.25) is 0 Å². The van der Waals surface area contributed by atoms with Crippen LogP contribution in [0.2, 0.25) is 0 Å². The third kappa shape index (κ3) is 6.81. The minimum Gasteiger partial charge on any atom is -0.456 e. The number of aromatic nitrogens is 1. The first-order valence-corrected chi connectivity index (χ1v) is 23.0. The molecule has 0 saturated heterocycles. The molecule has 0 radical (unpaired) electrons. The molecule has 0 unspecified atom stereocenters. The van der Waals surface area contributed by atoms with Crippen LogP contribution in [-0.4, -0.2) is 4.57 Å². The quantitative estimate of drug-likeness (QED) is 0.152. The Kier molecular flexibility index (Phi) is 9.36. The normalized spacial score (nSPS) is 11.6. The van der Waals surface area contributed by atoms with Gasteiger partial charge in [-0.1, -0.05) is 146 Å². The molecule has 0 bridgehead atoms. The molecule has 13 aromatic rings. The van der Waals surface area contributed by atoms with Gasteiger partial charge in [0.1, 0.15) is 17.0 Å². The van der Waals surface area contributed by atoms with E-state index in [-0.39, 0.29) is 5.82 Å². The van der Waals surface area contributed by atoms with Gasteiger partial charge in [0.2, 0.25) is 0 Å². The highest BCUT2D eigenvalue weighted by molar-refractivity contribution is 6.11. The largest absolute Gasteiger partial charge is 0.456 e. The molecule has 320 valence electrons. The van der Waals surface area contributed by atoms with Crippen molar-refractivity contribution in [1.29, 1.82) is 0 Å². The number of benzene rings is 11. The van der Waals surface area contributed by atoms with Crippen LogP contribution < -0.4 is 4.90 Å². The first-order chi connectivity index (χ1) is 33.6. The first kappa shape index (κ1) is 39.4. The lowest BCUT2D eigenvalue weighted by Crippen LogP contribution is -2.09. The van der Waals surface area contributed by atoms with Crippen molar-refractivity contribution in [3.05, 3.63) is 255 Å². The molecule has 0 aliphatic rings. The molecule has 11 aromatic carbocycles.